The van der Waals surface area contributed by atoms with Crippen molar-refractivity contribution in [3.63, 3.8) is 0 Å². The Balaban J connectivity index is 1.46. The van der Waals surface area contributed by atoms with E-state index in [0.717, 1.165) is 51.4 Å². The van der Waals surface area contributed by atoms with Crippen LogP contribution in [0.4, 0.5) is 0 Å². The van der Waals surface area contributed by atoms with Crippen molar-refractivity contribution in [3.05, 3.63) is 59.7 Å². The first-order chi connectivity index (χ1) is 18.5. The van der Waals surface area contributed by atoms with Gasteiger partial charge in [-0.2, -0.15) is 10.2 Å². The summed E-state index contributed by atoms with van der Waals surface area (Å²) < 4.78 is 3.55. The molecule has 0 bridgehead atoms. The highest BCUT2D eigenvalue weighted by atomic mass is 32.1. The van der Waals surface area contributed by atoms with Gasteiger partial charge in [-0.15, -0.1) is 11.3 Å². The largest absolute Gasteiger partial charge is 0.365 e. The fourth-order valence-corrected chi connectivity index (χ4v) is 6.35. The number of hydrogen-bond donors (Lipinski definition) is 2. The van der Waals surface area contributed by atoms with E-state index >= 15 is 0 Å². The van der Waals surface area contributed by atoms with E-state index in [1.807, 2.05) is 49.1 Å². The van der Waals surface area contributed by atoms with Crippen LogP contribution in [-0.2, 0) is 7.05 Å². The minimum absolute atomic E-state index is 0.0746. The van der Waals surface area contributed by atoms with Gasteiger partial charge in [0.15, 0.2) is 0 Å². The van der Waals surface area contributed by atoms with Gasteiger partial charge in [0.25, 0.3) is 11.8 Å². The predicted molar refractivity (Wildman–Crippen MR) is 152 cm³/mol. The molecule has 3 N–H and O–H groups in total. The number of amides is 2. The highest BCUT2D eigenvalue weighted by Gasteiger charge is 2.35. The van der Waals surface area contributed by atoms with Gasteiger partial charge < -0.3 is 11.1 Å². The van der Waals surface area contributed by atoms with E-state index < -0.39 is 5.91 Å². The average molecular weight is 543 g/mol. The Morgan fingerprint density at radius 1 is 1.10 bits per heavy atom. The number of aromatic nitrogens is 5. The maximum Gasteiger partial charge on any atom is 0.253 e. The van der Waals surface area contributed by atoms with Crippen molar-refractivity contribution in [2.24, 2.45) is 12.8 Å². The topological polar surface area (TPSA) is 123 Å². The molecule has 0 aliphatic carbocycles. The standard InChI is InChI=1S/C28H30N8O2S/c1-15-19(9-16(10-30-15)26(38)33-17-13-35(14-17)28(2,3)4)23-24(39-27-21(25(29)37)12-32-36(23)27)18-7-6-8-22-20(18)11-31-34(22)5/h6-12,17H,13-14H2,1-5H3,(H2,29,37)(H,33,38). The van der Waals surface area contributed by atoms with Crippen LogP contribution in [0.2, 0.25) is 0 Å². The Labute approximate surface area is 229 Å². The zero-order valence-corrected chi connectivity index (χ0v) is 23.3. The summed E-state index contributed by atoms with van der Waals surface area (Å²) in [5.41, 5.74) is 10.8. The number of fused-ring (bicyclic) bond motifs is 2. The molecule has 5 aromatic rings. The molecule has 1 aromatic carbocycles. The maximum absolute atomic E-state index is 13.3. The number of likely N-dealkylation sites (tertiary alicyclic amines) is 1. The fraction of sp³-hybridized carbons (Fsp3) is 0.321. The molecule has 6 rings (SSSR count). The van der Waals surface area contributed by atoms with Crippen LogP contribution >= 0.6 is 11.3 Å². The summed E-state index contributed by atoms with van der Waals surface area (Å²) in [6.45, 7) is 10.0. The average Bonchev–Trinajstić information content (AvgIpc) is 3.54. The first-order valence-corrected chi connectivity index (χ1v) is 13.6. The summed E-state index contributed by atoms with van der Waals surface area (Å²) in [7, 11) is 1.90. The van der Waals surface area contributed by atoms with Crippen LogP contribution in [0.3, 0.4) is 0 Å². The number of nitrogens with one attached hydrogen (secondary N) is 1. The smallest absolute Gasteiger partial charge is 0.253 e. The van der Waals surface area contributed by atoms with E-state index in [4.69, 9.17) is 5.73 Å². The summed E-state index contributed by atoms with van der Waals surface area (Å²) in [5, 5.41) is 13.1. The molecule has 39 heavy (non-hydrogen) atoms. The van der Waals surface area contributed by atoms with Crippen LogP contribution in [0.1, 0.15) is 47.2 Å². The van der Waals surface area contributed by atoms with Gasteiger partial charge in [0.05, 0.1) is 45.7 Å². The molecule has 4 aromatic heterocycles. The number of benzene rings is 1. The molecule has 0 saturated carbocycles. The molecule has 1 saturated heterocycles. The number of hydrogen-bond acceptors (Lipinski definition) is 7. The molecular formula is C28H30N8O2S. The van der Waals surface area contributed by atoms with E-state index in [-0.39, 0.29) is 17.5 Å². The molecule has 200 valence electrons. The zero-order valence-electron chi connectivity index (χ0n) is 22.5. The molecule has 1 aliphatic rings. The lowest BCUT2D eigenvalue weighted by Gasteiger charge is -2.47. The number of aryl methyl sites for hydroxylation is 2. The number of nitrogens with zero attached hydrogens (tertiary/aromatic N) is 6. The Bertz CT molecular complexity index is 1770. The molecule has 5 heterocycles. The second-order valence-electron chi connectivity index (χ2n) is 11.0. The second kappa shape index (κ2) is 8.99. The van der Waals surface area contributed by atoms with Gasteiger partial charge in [0.1, 0.15) is 4.83 Å². The summed E-state index contributed by atoms with van der Waals surface area (Å²) in [4.78, 5) is 33.9. The third-order valence-electron chi connectivity index (χ3n) is 7.42. The Morgan fingerprint density at radius 2 is 1.87 bits per heavy atom. The number of nitrogens with two attached hydrogens (primary N) is 1. The summed E-state index contributed by atoms with van der Waals surface area (Å²) >= 11 is 1.44. The van der Waals surface area contributed by atoms with Gasteiger partial charge in [0, 0.05) is 54.1 Å². The number of carbonyl (C=O) groups is 2. The van der Waals surface area contributed by atoms with Gasteiger partial charge in [-0.3, -0.25) is 24.2 Å². The Morgan fingerprint density at radius 3 is 2.59 bits per heavy atom. The molecule has 1 fully saturated rings. The highest BCUT2D eigenvalue weighted by Crippen LogP contribution is 2.43. The van der Waals surface area contributed by atoms with Crippen molar-refractivity contribution in [1.29, 1.82) is 0 Å². The SMILES string of the molecule is Cc1ncc(C(=O)NC2CN(C(C)(C)C)C2)cc1-c1c(-c2cccc3c2cnn3C)sc2c(C(N)=O)cnn12. The number of thiazole rings is 1. The summed E-state index contributed by atoms with van der Waals surface area (Å²) in [6.07, 6.45) is 4.93. The van der Waals surface area contributed by atoms with Gasteiger partial charge in [-0.25, -0.2) is 4.52 Å². The normalized spacial score (nSPS) is 14.7. The van der Waals surface area contributed by atoms with Crippen molar-refractivity contribution in [1.82, 2.24) is 34.6 Å². The molecule has 2 amide bonds. The van der Waals surface area contributed by atoms with Crippen molar-refractivity contribution < 1.29 is 9.59 Å². The van der Waals surface area contributed by atoms with Crippen molar-refractivity contribution in [2.75, 3.05) is 13.1 Å². The van der Waals surface area contributed by atoms with Crippen LogP contribution in [0, 0.1) is 6.92 Å². The maximum atomic E-state index is 13.3. The highest BCUT2D eigenvalue weighted by molar-refractivity contribution is 7.21. The van der Waals surface area contributed by atoms with Crippen LogP contribution in [-0.4, -0.2) is 65.8 Å². The second-order valence-corrected chi connectivity index (χ2v) is 12.0. The molecular weight excluding hydrogens is 512 g/mol. The van der Waals surface area contributed by atoms with E-state index in [1.165, 1.54) is 17.5 Å². The number of rotatable bonds is 5. The third-order valence-corrected chi connectivity index (χ3v) is 8.63. The zero-order chi connectivity index (χ0) is 27.6. The molecule has 0 spiro atoms. The lowest BCUT2D eigenvalue weighted by Crippen LogP contribution is -2.64. The van der Waals surface area contributed by atoms with E-state index in [0.29, 0.717) is 16.0 Å². The molecule has 11 heteroatoms. The van der Waals surface area contributed by atoms with Gasteiger partial charge in [-0.05, 0) is 39.8 Å². The van der Waals surface area contributed by atoms with Crippen LogP contribution in [0.5, 0.6) is 0 Å². The van der Waals surface area contributed by atoms with Gasteiger partial charge in [0.2, 0.25) is 0 Å². The lowest BCUT2D eigenvalue weighted by molar-refractivity contribution is 0.0331. The molecule has 0 radical (unpaired) electrons. The summed E-state index contributed by atoms with van der Waals surface area (Å²) in [5.74, 6) is -0.709. The van der Waals surface area contributed by atoms with Crippen LogP contribution in [0.15, 0.2) is 42.9 Å². The predicted octanol–water partition coefficient (Wildman–Crippen LogP) is 3.63. The molecule has 10 nitrogen and oxygen atoms in total. The fourth-order valence-electron chi connectivity index (χ4n) is 5.08. The van der Waals surface area contributed by atoms with Gasteiger partial charge >= 0.3 is 0 Å². The van der Waals surface area contributed by atoms with Crippen molar-refractivity contribution in [3.8, 4) is 21.7 Å². The van der Waals surface area contributed by atoms with E-state index in [1.54, 1.807) is 10.7 Å². The number of pyridine rings is 1. The minimum atomic E-state index is -0.545. The first kappa shape index (κ1) is 25.2. The van der Waals surface area contributed by atoms with Gasteiger partial charge in [-0.1, -0.05) is 12.1 Å². The third kappa shape index (κ3) is 4.18. The van der Waals surface area contributed by atoms with E-state index in [9.17, 15) is 9.59 Å². The molecule has 0 unspecified atom stereocenters. The van der Waals surface area contributed by atoms with E-state index in [2.05, 4.69) is 46.2 Å². The minimum Gasteiger partial charge on any atom is -0.365 e. The van der Waals surface area contributed by atoms with Crippen molar-refractivity contribution in [2.45, 2.75) is 39.3 Å². The van der Waals surface area contributed by atoms with Crippen LogP contribution < -0.4 is 11.1 Å². The van der Waals surface area contributed by atoms with Crippen molar-refractivity contribution >= 4 is 38.9 Å². The monoisotopic (exact) mass is 542 g/mol. The Hall–Kier alpha value is -4.09. The number of carbonyl (C=O) groups excluding carboxylic acids is 2. The number of primary amides is 1. The quantitative estimate of drug-likeness (QED) is 0.350. The first-order valence-electron chi connectivity index (χ1n) is 12.8. The molecule has 1 aliphatic heterocycles. The Kier molecular flexibility index (Phi) is 5.81. The van der Waals surface area contributed by atoms with Crippen LogP contribution in [0.25, 0.3) is 37.4 Å². The molecule has 0 atom stereocenters. The lowest BCUT2D eigenvalue weighted by atomic mass is 9.97. The summed E-state index contributed by atoms with van der Waals surface area (Å²) in [6, 6.07) is 7.97.